The molecule has 0 radical (unpaired) electrons. The Balaban J connectivity index is 1.88. The lowest BCUT2D eigenvalue weighted by Crippen LogP contribution is -2.47. The monoisotopic (exact) mass is 341 g/mol. The van der Waals surface area contributed by atoms with E-state index in [1.54, 1.807) is 17.0 Å². The molecule has 23 heavy (non-hydrogen) atoms. The van der Waals surface area contributed by atoms with E-state index in [2.05, 4.69) is 5.32 Å². The number of nitrogens with one attached hydrogen (secondary N) is 1. The van der Waals surface area contributed by atoms with Crippen molar-refractivity contribution in [3.8, 4) is 0 Å². The second-order valence-electron chi connectivity index (χ2n) is 5.86. The zero-order valence-electron chi connectivity index (χ0n) is 13.0. The molecule has 7 heteroatoms. The number of hydrogen-bond donors (Lipinski definition) is 2. The van der Waals surface area contributed by atoms with E-state index in [-0.39, 0.29) is 35.3 Å². The molecule has 1 heterocycles. The summed E-state index contributed by atoms with van der Waals surface area (Å²) in [5.41, 5.74) is 6.12. The summed E-state index contributed by atoms with van der Waals surface area (Å²) in [4.78, 5) is 25.2. The molecule has 1 aliphatic rings. The van der Waals surface area contributed by atoms with Crippen LogP contribution in [0.25, 0.3) is 0 Å². The zero-order valence-corrected chi connectivity index (χ0v) is 13.8. The fourth-order valence-corrected chi connectivity index (χ4v) is 2.88. The number of halogens is 2. The number of rotatable bonds is 5. The SMILES string of the molecule is CC(NCC(=O)N1CCCC(C(N)=O)C1)c1ccc(F)c(Cl)c1. The standard InChI is InChI=1S/C16H21ClFN3O2/c1-10(11-4-5-14(18)13(17)7-11)20-8-15(22)21-6-2-3-12(9-21)16(19)23/h4-5,7,10,12,20H,2-3,6,8-9H2,1H3,(H2,19,23). The number of hydrogen-bond acceptors (Lipinski definition) is 3. The molecule has 1 saturated heterocycles. The van der Waals surface area contributed by atoms with Gasteiger partial charge in [0.25, 0.3) is 0 Å². The zero-order chi connectivity index (χ0) is 17.0. The summed E-state index contributed by atoms with van der Waals surface area (Å²) >= 11 is 5.77. The van der Waals surface area contributed by atoms with E-state index in [1.807, 2.05) is 6.92 Å². The maximum Gasteiger partial charge on any atom is 0.236 e. The van der Waals surface area contributed by atoms with Gasteiger partial charge in [0, 0.05) is 19.1 Å². The maximum absolute atomic E-state index is 13.2. The van der Waals surface area contributed by atoms with Crippen LogP contribution in [-0.4, -0.2) is 36.3 Å². The van der Waals surface area contributed by atoms with Crippen LogP contribution >= 0.6 is 11.6 Å². The minimum Gasteiger partial charge on any atom is -0.369 e. The third-order valence-corrected chi connectivity index (χ3v) is 4.47. The molecular formula is C16H21ClFN3O2. The Morgan fingerprint density at radius 2 is 2.26 bits per heavy atom. The lowest BCUT2D eigenvalue weighted by Gasteiger charge is -2.31. The highest BCUT2D eigenvalue weighted by atomic mass is 35.5. The molecule has 0 spiro atoms. The molecule has 2 atom stereocenters. The predicted octanol–water partition coefficient (Wildman–Crippen LogP) is 1.85. The van der Waals surface area contributed by atoms with E-state index < -0.39 is 5.82 Å². The van der Waals surface area contributed by atoms with Crippen LogP contribution in [0.2, 0.25) is 5.02 Å². The molecule has 0 aromatic heterocycles. The average molecular weight is 342 g/mol. The Morgan fingerprint density at radius 1 is 1.52 bits per heavy atom. The highest BCUT2D eigenvalue weighted by Crippen LogP contribution is 2.21. The molecule has 3 N–H and O–H groups in total. The van der Waals surface area contributed by atoms with E-state index in [0.29, 0.717) is 13.1 Å². The smallest absolute Gasteiger partial charge is 0.236 e. The first kappa shape index (κ1) is 17.7. The van der Waals surface area contributed by atoms with E-state index in [4.69, 9.17) is 17.3 Å². The Morgan fingerprint density at radius 3 is 2.91 bits per heavy atom. The van der Waals surface area contributed by atoms with Crippen molar-refractivity contribution in [2.45, 2.75) is 25.8 Å². The number of piperidine rings is 1. The van der Waals surface area contributed by atoms with Gasteiger partial charge in [-0.25, -0.2) is 4.39 Å². The van der Waals surface area contributed by atoms with Crippen molar-refractivity contribution < 1.29 is 14.0 Å². The number of benzene rings is 1. The number of amides is 2. The molecule has 2 amide bonds. The van der Waals surface area contributed by atoms with Gasteiger partial charge in [-0.2, -0.15) is 0 Å². The van der Waals surface area contributed by atoms with Crippen molar-refractivity contribution >= 4 is 23.4 Å². The van der Waals surface area contributed by atoms with E-state index in [9.17, 15) is 14.0 Å². The van der Waals surface area contributed by atoms with Crippen LogP contribution in [0.3, 0.4) is 0 Å². The summed E-state index contributed by atoms with van der Waals surface area (Å²) in [6, 6.07) is 4.34. The quantitative estimate of drug-likeness (QED) is 0.858. The van der Waals surface area contributed by atoms with Gasteiger partial charge in [-0.3, -0.25) is 9.59 Å². The third-order valence-electron chi connectivity index (χ3n) is 4.18. The second kappa shape index (κ2) is 7.75. The minimum atomic E-state index is -0.468. The molecule has 1 aliphatic heterocycles. The van der Waals surface area contributed by atoms with Crippen LogP contribution in [0.4, 0.5) is 4.39 Å². The number of carbonyl (C=O) groups excluding carboxylic acids is 2. The molecule has 0 saturated carbocycles. The molecule has 0 bridgehead atoms. The van der Waals surface area contributed by atoms with E-state index >= 15 is 0 Å². The topological polar surface area (TPSA) is 75.4 Å². The summed E-state index contributed by atoms with van der Waals surface area (Å²) in [6.45, 7) is 3.04. The molecule has 1 fully saturated rings. The van der Waals surface area contributed by atoms with Crippen molar-refractivity contribution in [1.82, 2.24) is 10.2 Å². The Labute approximate surface area is 140 Å². The lowest BCUT2D eigenvalue weighted by atomic mass is 9.97. The molecule has 0 aliphatic carbocycles. The van der Waals surface area contributed by atoms with E-state index in [0.717, 1.165) is 18.4 Å². The van der Waals surface area contributed by atoms with Crippen molar-refractivity contribution in [3.63, 3.8) is 0 Å². The molecule has 1 aromatic carbocycles. The van der Waals surface area contributed by atoms with Crippen LogP contribution in [-0.2, 0) is 9.59 Å². The number of primary amides is 1. The van der Waals surface area contributed by atoms with Crippen LogP contribution in [0.1, 0.15) is 31.4 Å². The van der Waals surface area contributed by atoms with E-state index in [1.165, 1.54) is 6.07 Å². The number of nitrogens with two attached hydrogens (primary N) is 1. The first-order valence-corrected chi connectivity index (χ1v) is 8.01. The van der Waals surface area contributed by atoms with Gasteiger partial charge in [0.2, 0.25) is 11.8 Å². The predicted molar refractivity (Wildman–Crippen MR) is 86.3 cm³/mol. The molecule has 126 valence electrons. The Bertz CT molecular complexity index is 597. The van der Waals surface area contributed by atoms with Gasteiger partial charge in [0.1, 0.15) is 5.82 Å². The van der Waals surface area contributed by atoms with Crippen molar-refractivity contribution in [3.05, 3.63) is 34.6 Å². The summed E-state index contributed by atoms with van der Waals surface area (Å²) in [5, 5.41) is 3.16. The number of nitrogens with zero attached hydrogens (tertiary/aromatic N) is 1. The average Bonchev–Trinajstić information content (AvgIpc) is 2.54. The molecule has 2 unspecified atom stereocenters. The first-order chi connectivity index (χ1) is 10.9. The van der Waals surface area contributed by atoms with Gasteiger partial charge < -0.3 is 16.0 Å². The highest BCUT2D eigenvalue weighted by molar-refractivity contribution is 6.30. The fraction of sp³-hybridized carbons (Fsp3) is 0.500. The summed E-state index contributed by atoms with van der Waals surface area (Å²) in [5.74, 6) is -1.16. The second-order valence-corrected chi connectivity index (χ2v) is 6.26. The van der Waals surface area contributed by atoms with Crippen LogP contribution in [0.5, 0.6) is 0 Å². The van der Waals surface area contributed by atoms with Crippen LogP contribution in [0, 0.1) is 11.7 Å². The van der Waals surface area contributed by atoms with Gasteiger partial charge >= 0.3 is 0 Å². The number of carbonyl (C=O) groups is 2. The molecule has 2 rings (SSSR count). The maximum atomic E-state index is 13.2. The molecule has 5 nitrogen and oxygen atoms in total. The summed E-state index contributed by atoms with van der Waals surface area (Å²) in [7, 11) is 0. The number of likely N-dealkylation sites (tertiary alicyclic amines) is 1. The fourth-order valence-electron chi connectivity index (χ4n) is 2.69. The summed E-state index contributed by atoms with van der Waals surface area (Å²) < 4.78 is 13.2. The first-order valence-electron chi connectivity index (χ1n) is 7.64. The van der Waals surface area contributed by atoms with Crippen LogP contribution in [0.15, 0.2) is 18.2 Å². The Kier molecular flexibility index (Phi) is 5.96. The van der Waals surface area contributed by atoms with Gasteiger partial charge in [-0.15, -0.1) is 0 Å². The van der Waals surface area contributed by atoms with Crippen molar-refractivity contribution in [1.29, 1.82) is 0 Å². The van der Waals surface area contributed by atoms with Crippen LogP contribution < -0.4 is 11.1 Å². The van der Waals surface area contributed by atoms with Crippen molar-refractivity contribution in [2.75, 3.05) is 19.6 Å². The van der Waals surface area contributed by atoms with Gasteiger partial charge in [0.15, 0.2) is 0 Å². The third kappa shape index (κ3) is 4.65. The normalized spacial score (nSPS) is 19.4. The largest absolute Gasteiger partial charge is 0.369 e. The lowest BCUT2D eigenvalue weighted by molar-refractivity contribution is -0.134. The highest BCUT2D eigenvalue weighted by Gasteiger charge is 2.26. The molecule has 1 aromatic rings. The molecular weight excluding hydrogens is 321 g/mol. The Hall–Kier alpha value is -1.66. The van der Waals surface area contributed by atoms with Gasteiger partial charge in [-0.1, -0.05) is 17.7 Å². The summed E-state index contributed by atoms with van der Waals surface area (Å²) in [6.07, 6.45) is 1.51. The van der Waals surface area contributed by atoms with Gasteiger partial charge in [0.05, 0.1) is 17.5 Å². The minimum absolute atomic E-state index is 0.0582. The van der Waals surface area contributed by atoms with Gasteiger partial charge in [-0.05, 0) is 37.5 Å². The van der Waals surface area contributed by atoms with Crippen molar-refractivity contribution in [2.24, 2.45) is 11.7 Å².